The maximum atomic E-state index is 11.9. The molecule has 4 rings (SSSR count). The third kappa shape index (κ3) is 6.55. The van der Waals surface area contributed by atoms with Crippen molar-refractivity contribution in [3.05, 3.63) is 83.4 Å². The van der Waals surface area contributed by atoms with Crippen LogP contribution >= 0.6 is 0 Å². The highest BCUT2D eigenvalue weighted by molar-refractivity contribution is 5.96. The Labute approximate surface area is 206 Å². The largest absolute Gasteiger partial charge is 0.497 e. The van der Waals surface area contributed by atoms with Crippen LogP contribution in [-0.2, 0) is 17.8 Å². The minimum Gasteiger partial charge on any atom is -0.497 e. The van der Waals surface area contributed by atoms with Gasteiger partial charge < -0.3 is 24.6 Å². The van der Waals surface area contributed by atoms with Crippen molar-refractivity contribution in [2.75, 3.05) is 19.0 Å². The number of methoxy groups -OCH3 is 1. The Morgan fingerprint density at radius 3 is 2.49 bits per heavy atom. The third-order valence-electron chi connectivity index (χ3n) is 6.26. The number of hydrogen-bond donors (Lipinski definition) is 2. The second kappa shape index (κ2) is 10.8. The van der Waals surface area contributed by atoms with E-state index in [-0.39, 0.29) is 17.9 Å². The highest BCUT2D eigenvalue weighted by atomic mass is 16.5. The van der Waals surface area contributed by atoms with Crippen LogP contribution in [0.2, 0.25) is 0 Å². The predicted octanol–water partition coefficient (Wildman–Crippen LogP) is 5.69. The van der Waals surface area contributed by atoms with Crippen LogP contribution < -0.4 is 19.5 Å². The van der Waals surface area contributed by atoms with Crippen LogP contribution in [0.1, 0.15) is 49.5 Å². The van der Waals surface area contributed by atoms with Crippen LogP contribution in [0.15, 0.2) is 66.7 Å². The topological polar surface area (TPSA) is 77.0 Å². The van der Waals surface area contributed by atoms with E-state index in [1.54, 1.807) is 13.2 Å². The highest BCUT2D eigenvalue weighted by Crippen LogP contribution is 2.42. The van der Waals surface area contributed by atoms with Crippen LogP contribution in [0.25, 0.3) is 0 Å². The molecule has 3 aromatic rings. The fourth-order valence-electron chi connectivity index (χ4n) is 4.34. The van der Waals surface area contributed by atoms with Crippen LogP contribution in [-0.4, -0.2) is 24.7 Å². The maximum Gasteiger partial charge on any atom is 0.262 e. The highest BCUT2D eigenvalue weighted by Gasteiger charge is 2.27. The number of ether oxygens (including phenoxy) is 3. The van der Waals surface area contributed by atoms with E-state index in [0.717, 1.165) is 24.2 Å². The van der Waals surface area contributed by atoms with Crippen molar-refractivity contribution >= 4 is 11.6 Å². The first kappa shape index (κ1) is 24.6. The molecule has 1 aliphatic rings. The van der Waals surface area contributed by atoms with Crippen molar-refractivity contribution in [2.24, 2.45) is 5.41 Å². The number of rotatable bonds is 10. The van der Waals surface area contributed by atoms with Gasteiger partial charge in [-0.3, -0.25) is 4.79 Å². The van der Waals surface area contributed by atoms with E-state index in [2.05, 4.69) is 31.3 Å². The van der Waals surface area contributed by atoms with Gasteiger partial charge in [-0.1, -0.05) is 56.3 Å². The molecule has 0 saturated heterocycles. The first-order valence-electron chi connectivity index (χ1n) is 11.9. The monoisotopic (exact) mass is 475 g/mol. The quantitative estimate of drug-likeness (QED) is 0.394. The zero-order chi connectivity index (χ0) is 24.8. The van der Waals surface area contributed by atoms with Gasteiger partial charge in [-0.2, -0.15) is 0 Å². The number of anilines is 1. The van der Waals surface area contributed by atoms with E-state index in [1.165, 1.54) is 5.56 Å². The molecule has 3 aromatic carbocycles. The SMILES string of the molecule is COc1ccc(CC(C)(C)CC[C@@H](O)c2cc(OCc3ccccc3)cc3c2OCC(=O)N3)cc1. The van der Waals surface area contributed by atoms with Crippen molar-refractivity contribution in [1.29, 1.82) is 0 Å². The summed E-state index contributed by atoms with van der Waals surface area (Å²) in [5.41, 5.74) is 3.40. The molecule has 1 amide bonds. The normalized spacial score (nSPS) is 13.9. The molecule has 1 aliphatic heterocycles. The zero-order valence-corrected chi connectivity index (χ0v) is 20.5. The summed E-state index contributed by atoms with van der Waals surface area (Å²) in [6.07, 6.45) is 1.48. The minimum absolute atomic E-state index is 0.0217. The number of carbonyl (C=O) groups excluding carboxylic acids is 1. The molecule has 0 aliphatic carbocycles. The van der Waals surface area contributed by atoms with Gasteiger partial charge in [0, 0.05) is 11.6 Å². The van der Waals surface area contributed by atoms with Crippen molar-refractivity contribution in [1.82, 2.24) is 0 Å². The van der Waals surface area contributed by atoms with Gasteiger partial charge in [0.25, 0.3) is 5.91 Å². The molecule has 0 aromatic heterocycles. The van der Waals surface area contributed by atoms with E-state index in [0.29, 0.717) is 35.8 Å². The summed E-state index contributed by atoms with van der Waals surface area (Å²) in [6.45, 7) is 4.73. The van der Waals surface area contributed by atoms with Gasteiger partial charge >= 0.3 is 0 Å². The van der Waals surface area contributed by atoms with Gasteiger partial charge in [-0.25, -0.2) is 0 Å². The van der Waals surface area contributed by atoms with Crippen molar-refractivity contribution in [2.45, 2.75) is 45.8 Å². The lowest BCUT2D eigenvalue weighted by atomic mass is 9.80. The van der Waals surface area contributed by atoms with E-state index in [1.807, 2.05) is 48.5 Å². The second-order valence-electron chi connectivity index (χ2n) is 9.74. The van der Waals surface area contributed by atoms with Gasteiger partial charge in [-0.15, -0.1) is 0 Å². The van der Waals surface area contributed by atoms with Crippen LogP contribution in [0.5, 0.6) is 17.2 Å². The first-order valence-corrected chi connectivity index (χ1v) is 11.9. The fourth-order valence-corrected chi connectivity index (χ4v) is 4.34. The number of fused-ring (bicyclic) bond motifs is 1. The summed E-state index contributed by atoms with van der Waals surface area (Å²) in [5.74, 6) is 1.70. The molecular formula is C29H33NO5. The number of aliphatic hydroxyl groups is 1. The summed E-state index contributed by atoms with van der Waals surface area (Å²) in [4.78, 5) is 11.9. The molecule has 6 nitrogen and oxygen atoms in total. The summed E-state index contributed by atoms with van der Waals surface area (Å²) in [5, 5.41) is 14.0. The average Bonchev–Trinajstić information content (AvgIpc) is 2.86. The Morgan fingerprint density at radius 1 is 1.03 bits per heavy atom. The molecule has 6 heteroatoms. The number of aliphatic hydroxyl groups excluding tert-OH is 1. The van der Waals surface area contributed by atoms with Gasteiger partial charge in [0.1, 0.15) is 23.9 Å². The smallest absolute Gasteiger partial charge is 0.262 e. The van der Waals surface area contributed by atoms with Crippen molar-refractivity contribution < 1.29 is 24.1 Å². The third-order valence-corrected chi connectivity index (χ3v) is 6.26. The van der Waals surface area contributed by atoms with E-state index < -0.39 is 6.10 Å². The van der Waals surface area contributed by atoms with Crippen molar-refractivity contribution in [3.8, 4) is 17.2 Å². The minimum atomic E-state index is -0.755. The second-order valence-corrected chi connectivity index (χ2v) is 9.74. The predicted molar refractivity (Wildman–Crippen MR) is 136 cm³/mol. The van der Waals surface area contributed by atoms with Crippen molar-refractivity contribution in [3.63, 3.8) is 0 Å². The van der Waals surface area contributed by atoms with E-state index >= 15 is 0 Å². The van der Waals surface area contributed by atoms with Crippen LogP contribution in [0.3, 0.4) is 0 Å². The van der Waals surface area contributed by atoms with Gasteiger partial charge in [0.2, 0.25) is 0 Å². The molecule has 184 valence electrons. The number of carbonyl (C=O) groups is 1. The summed E-state index contributed by atoms with van der Waals surface area (Å²) in [6, 6.07) is 21.5. The lowest BCUT2D eigenvalue weighted by molar-refractivity contribution is -0.118. The Kier molecular flexibility index (Phi) is 7.61. The van der Waals surface area contributed by atoms with Gasteiger partial charge in [0.15, 0.2) is 6.61 Å². The molecule has 1 heterocycles. The molecule has 35 heavy (non-hydrogen) atoms. The standard InChI is InChI=1S/C29H33NO5/c1-29(2,17-20-9-11-22(33-3)12-10-20)14-13-26(31)24-15-23(34-18-21-7-5-4-6-8-21)16-25-28(24)35-19-27(32)30-25/h4-12,15-16,26,31H,13-14,17-19H2,1-3H3,(H,30,32)/t26-/m1/s1. The molecule has 0 spiro atoms. The van der Waals surface area contributed by atoms with Gasteiger partial charge in [0.05, 0.1) is 18.9 Å². The Bertz CT molecular complexity index is 1140. The molecule has 0 radical (unpaired) electrons. The summed E-state index contributed by atoms with van der Waals surface area (Å²) in [7, 11) is 1.66. The maximum absolute atomic E-state index is 11.9. The molecular weight excluding hydrogens is 442 g/mol. The van der Waals surface area contributed by atoms with E-state index in [4.69, 9.17) is 14.2 Å². The number of amides is 1. The van der Waals surface area contributed by atoms with Crippen LogP contribution in [0, 0.1) is 5.41 Å². The number of nitrogens with one attached hydrogen (secondary N) is 1. The van der Waals surface area contributed by atoms with Crippen LogP contribution in [0.4, 0.5) is 5.69 Å². The van der Waals surface area contributed by atoms with E-state index in [9.17, 15) is 9.90 Å². The number of hydrogen-bond acceptors (Lipinski definition) is 5. The summed E-state index contributed by atoms with van der Waals surface area (Å²) >= 11 is 0. The lowest BCUT2D eigenvalue weighted by Gasteiger charge is -2.28. The molecule has 2 N–H and O–H groups in total. The Balaban J connectivity index is 1.47. The lowest BCUT2D eigenvalue weighted by Crippen LogP contribution is -2.26. The molecule has 0 bridgehead atoms. The molecule has 1 atom stereocenters. The fraction of sp³-hybridized carbons (Fsp3) is 0.345. The molecule has 0 saturated carbocycles. The Morgan fingerprint density at radius 2 is 1.77 bits per heavy atom. The van der Waals surface area contributed by atoms with Gasteiger partial charge in [-0.05, 0) is 54.0 Å². The molecule has 0 fully saturated rings. The number of benzene rings is 3. The average molecular weight is 476 g/mol. The molecule has 0 unspecified atom stereocenters. The Hall–Kier alpha value is -3.51. The first-order chi connectivity index (χ1) is 16.8. The zero-order valence-electron chi connectivity index (χ0n) is 20.5. The summed E-state index contributed by atoms with van der Waals surface area (Å²) < 4.78 is 17.0.